The van der Waals surface area contributed by atoms with Crippen LogP contribution in [0.5, 0.6) is 0 Å². The summed E-state index contributed by atoms with van der Waals surface area (Å²) in [5.74, 6) is -0.693. The maximum atomic E-state index is 12.8. The number of carbonyl (C=O) groups excluding carboxylic acids is 3. The highest BCUT2D eigenvalue weighted by molar-refractivity contribution is 5.97. The van der Waals surface area contributed by atoms with Crippen LogP contribution < -0.4 is 0 Å². The van der Waals surface area contributed by atoms with E-state index in [1.54, 1.807) is 4.90 Å². The summed E-state index contributed by atoms with van der Waals surface area (Å²) in [7, 11) is 0. The van der Waals surface area contributed by atoms with Gasteiger partial charge in [0.05, 0.1) is 0 Å². The monoisotopic (exact) mass is 335 g/mol. The molecule has 2 saturated heterocycles. The minimum atomic E-state index is -0.653. The number of hydrogen-bond acceptors (Lipinski definition) is 5. The van der Waals surface area contributed by atoms with Crippen LogP contribution in [0.25, 0.3) is 0 Å². The maximum absolute atomic E-state index is 12.8. The van der Waals surface area contributed by atoms with Gasteiger partial charge in [0.25, 0.3) is 0 Å². The summed E-state index contributed by atoms with van der Waals surface area (Å²) >= 11 is 0. The standard InChI is InChI=1S/C17H18FNO5/c18-13-3-1-12(2-4-13)14(20)5-6-15(21)19-9-7-17(8-10-19)11-23-16(22)24-17/h1-4H,5-11H2. The lowest BCUT2D eigenvalue weighted by molar-refractivity contribution is -0.134. The average Bonchev–Trinajstić information content (AvgIpc) is 2.94. The number of nitrogens with zero attached hydrogens (tertiary/aromatic N) is 1. The van der Waals surface area contributed by atoms with Crippen molar-refractivity contribution in [3.63, 3.8) is 0 Å². The molecular formula is C17H18FNO5. The highest BCUT2D eigenvalue weighted by Gasteiger charge is 2.45. The van der Waals surface area contributed by atoms with Gasteiger partial charge in [0.1, 0.15) is 12.4 Å². The van der Waals surface area contributed by atoms with Crippen molar-refractivity contribution in [2.45, 2.75) is 31.3 Å². The van der Waals surface area contributed by atoms with Gasteiger partial charge in [-0.1, -0.05) is 0 Å². The number of benzene rings is 1. The van der Waals surface area contributed by atoms with Crippen molar-refractivity contribution in [1.82, 2.24) is 4.90 Å². The van der Waals surface area contributed by atoms with Crippen molar-refractivity contribution in [2.75, 3.05) is 19.7 Å². The summed E-state index contributed by atoms with van der Waals surface area (Å²) in [6, 6.07) is 5.29. The minimum absolute atomic E-state index is 0.0875. The molecule has 0 atom stereocenters. The fraction of sp³-hybridized carbons (Fsp3) is 0.471. The first kappa shape index (κ1) is 16.4. The van der Waals surface area contributed by atoms with E-state index in [2.05, 4.69) is 0 Å². The van der Waals surface area contributed by atoms with E-state index >= 15 is 0 Å². The van der Waals surface area contributed by atoms with Gasteiger partial charge < -0.3 is 14.4 Å². The molecule has 24 heavy (non-hydrogen) atoms. The van der Waals surface area contributed by atoms with Crippen LogP contribution in [0.2, 0.25) is 0 Å². The van der Waals surface area contributed by atoms with Crippen LogP contribution in [0.15, 0.2) is 24.3 Å². The molecule has 3 rings (SSSR count). The molecule has 1 amide bonds. The lowest BCUT2D eigenvalue weighted by Crippen LogP contribution is -2.48. The maximum Gasteiger partial charge on any atom is 0.509 e. The number of ketones is 1. The Morgan fingerprint density at radius 3 is 2.38 bits per heavy atom. The van der Waals surface area contributed by atoms with Gasteiger partial charge in [-0.25, -0.2) is 9.18 Å². The van der Waals surface area contributed by atoms with E-state index in [0.29, 0.717) is 31.5 Å². The quantitative estimate of drug-likeness (QED) is 0.624. The van der Waals surface area contributed by atoms with Crippen LogP contribution in [0, 0.1) is 5.82 Å². The highest BCUT2D eigenvalue weighted by atomic mass is 19.1. The summed E-state index contributed by atoms with van der Waals surface area (Å²) in [5, 5.41) is 0. The van der Waals surface area contributed by atoms with Crippen LogP contribution in [-0.4, -0.2) is 48.0 Å². The third-order valence-electron chi connectivity index (χ3n) is 4.51. The number of rotatable bonds is 4. The molecule has 1 spiro atoms. The number of piperidine rings is 1. The third kappa shape index (κ3) is 3.55. The number of hydrogen-bond donors (Lipinski definition) is 0. The van der Waals surface area contributed by atoms with Crippen molar-refractivity contribution in [1.29, 1.82) is 0 Å². The zero-order valence-electron chi connectivity index (χ0n) is 13.1. The van der Waals surface area contributed by atoms with Crippen molar-refractivity contribution < 1.29 is 28.2 Å². The molecule has 2 fully saturated rings. The Morgan fingerprint density at radius 2 is 1.79 bits per heavy atom. The molecule has 0 saturated carbocycles. The zero-order chi connectivity index (χ0) is 17.2. The molecule has 0 radical (unpaired) electrons. The molecule has 6 nitrogen and oxygen atoms in total. The second-order valence-electron chi connectivity index (χ2n) is 6.13. The zero-order valence-corrected chi connectivity index (χ0v) is 13.1. The molecule has 2 heterocycles. The van der Waals surface area contributed by atoms with Gasteiger partial charge in [-0.3, -0.25) is 9.59 Å². The molecule has 0 unspecified atom stereocenters. The SMILES string of the molecule is O=C1OCC2(CCN(C(=O)CCC(=O)c3ccc(F)cc3)CC2)O1. The number of carbonyl (C=O) groups is 3. The first-order chi connectivity index (χ1) is 11.5. The Bertz CT molecular complexity index is 649. The molecule has 128 valence electrons. The van der Waals surface area contributed by atoms with E-state index in [-0.39, 0.29) is 31.1 Å². The predicted molar refractivity (Wildman–Crippen MR) is 80.9 cm³/mol. The third-order valence-corrected chi connectivity index (χ3v) is 4.51. The van der Waals surface area contributed by atoms with Crippen molar-refractivity contribution in [3.8, 4) is 0 Å². The number of halogens is 1. The Morgan fingerprint density at radius 1 is 1.12 bits per heavy atom. The molecule has 0 aromatic heterocycles. The lowest BCUT2D eigenvalue weighted by atomic mass is 9.92. The number of amides is 1. The summed E-state index contributed by atoms with van der Waals surface area (Å²) < 4.78 is 22.9. The number of Topliss-reactive ketones (excluding diaryl/α,β-unsaturated/α-hetero) is 1. The molecule has 1 aromatic carbocycles. The molecular weight excluding hydrogens is 317 g/mol. The van der Waals surface area contributed by atoms with E-state index in [0.717, 1.165) is 0 Å². The topological polar surface area (TPSA) is 72.9 Å². The van der Waals surface area contributed by atoms with Gasteiger partial charge >= 0.3 is 6.16 Å². The molecule has 2 aliphatic heterocycles. The van der Waals surface area contributed by atoms with E-state index in [1.165, 1.54) is 24.3 Å². The largest absolute Gasteiger partial charge is 0.509 e. The Hall–Kier alpha value is -2.44. The lowest BCUT2D eigenvalue weighted by Gasteiger charge is -2.36. The van der Waals surface area contributed by atoms with Gasteiger partial charge in [0.15, 0.2) is 11.4 Å². The van der Waals surface area contributed by atoms with Gasteiger partial charge in [-0.15, -0.1) is 0 Å². The molecule has 0 N–H and O–H groups in total. The molecule has 0 bridgehead atoms. The first-order valence-corrected chi connectivity index (χ1v) is 7.90. The second kappa shape index (κ2) is 6.59. The van der Waals surface area contributed by atoms with E-state index in [9.17, 15) is 18.8 Å². The number of likely N-dealkylation sites (tertiary alicyclic amines) is 1. The summed E-state index contributed by atoms with van der Waals surface area (Å²) in [6.45, 7) is 1.18. The molecule has 0 aliphatic carbocycles. The fourth-order valence-electron chi connectivity index (χ4n) is 2.99. The van der Waals surface area contributed by atoms with Gasteiger partial charge in [0, 0.05) is 44.3 Å². The van der Waals surface area contributed by atoms with Crippen LogP contribution in [0.4, 0.5) is 9.18 Å². The Labute approximate surface area is 138 Å². The van der Waals surface area contributed by atoms with Crippen molar-refractivity contribution in [3.05, 3.63) is 35.6 Å². The van der Waals surface area contributed by atoms with Gasteiger partial charge in [0.2, 0.25) is 5.91 Å². The van der Waals surface area contributed by atoms with Gasteiger partial charge in [-0.05, 0) is 24.3 Å². The van der Waals surface area contributed by atoms with Crippen LogP contribution in [-0.2, 0) is 14.3 Å². The summed E-state index contributed by atoms with van der Waals surface area (Å²) in [5.41, 5.74) is -0.200. The van der Waals surface area contributed by atoms with E-state index in [4.69, 9.17) is 9.47 Å². The van der Waals surface area contributed by atoms with Crippen LogP contribution >= 0.6 is 0 Å². The van der Waals surface area contributed by atoms with Crippen molar-refractivity contribution in [2.24, 2.45) is 0 Å². The minimum Gasteiger partial charge on any atom is -0.430 e. The van der Waals surface area contributed by atoms with Gasteiger partial charge in [-0.2, -0.15) is 0 Å². The highest BCUT2D eigenvalue weighted by Crippen LogP contribution is 2.31. The normalized spacial score (nSPS) is 19.0. The number of cyclic esters (lactones) is 1. The molecule has 7 heteroatoms. The van der Waals surface area contributed by atoms with Crippen molar-refractivity contribution >= 4 is 17.8 Å². The molecule has 2 aliphatic rings. The Balaban J connectivity index is 1.47. The second-order valence-corrected chi connectivity index (χ2v) is 6.13. The smallest absolute Gasteiger partial charge is 0.430 e. The predicted octanol–water partition coefficient (Wildman–Crippen LogP) is 2.32. The fourth-order valence-corrected chi connectivity index (χ4v) is 2.99. The van der Waals surface area contributed by atoms with Crippen LogP contribution in [0.1, 0.15) is 36.0 Å². The van der Waals surface area contributed by atoms with E-state index < -0.39 is 17.6 Å². The first-order valence-electron chi connectivity index (χ1n) is 7.90. The number of ether oxygens (including phenoxy) is 2. The molecule has 1 aromatic rings. The summed E-state index contributed by atoms with van der Waals surface area (Å²) in [4.78, 5) is 37.0. The Kier molecular flexibility index (Phi) is 4.51. The van der Waals surface area contributed by atoms with Crippen LogP contribution in [0.3, 0.4) is 0 Å². The average molecular weight is 335 g/mol. The summed E-state index contributed by atoms with van der Waals surface area (Å²) in [6.07, 6.45) is 0.621. The van der Waals surface area contributed by atoms with E-state index in [1.807, 2.05) is 0 Å².